The van der Waals surface area contributed by atoms with Crippen LogP contribution in [0.1, 0.15) is 0 Å². The van der Waals surface area contributed by atoms with E-state index in [0.717, 1.165) is 11.4 Å². The van der Waals surface area contributed by atoms with Crippen LogP contribution in [0.5, 0.6) is 0 Å². The fraction of sp³-hybridized carbons (Fsp3) is 0. The van der Waals surface area contributed by atoms with E-state index in [4.69, 9.17) is 0 Å². The molecule has 0 fully saturated rings. The molecule has 0 saturated heterocycles. The molecule has 0 aliphatic rings. The second-order valence-corrected chi connectivity index (χ2v) is 12.0. The summed E-state index contributed by atoms with van der Waals surface area (Å²) in [5.41, 5.74) is 6.01. The van der Waals surface area contributed by atoms with Gasteiger partial charge in [-0.2, -0.15) is 0 Å². The predicted molar refractivity (Wildman–Crippen MR) is 172 cm³/mol. The summed E-state index contributed by atoms with van der Waals surface area (Å²) in [5, 5.41) is 5.32. The molecular formula is C36H23NS2. The average Bonchev–Trinajstić information content (AvgIpc) is 3.55. The van der Waals surface area contributed by atoms with Crippen LogP contribution in [0.2, 0.25) is 0 Å². The van der Waals surface area contributed by atoms with Crippen molar-refractivity contribution in [2.75, 3.05) is 4.90 Å². The van der Waals surface area contributed by atoms with Crippen LogP contribution >= 0.6 is 22.7 Å². The number of hydrogen-bond donors (Lipinski definition) is 0. The van der Waals surface area contributed by atoms with E-state index in [1.54, 1.807) is 0 Å². The minimum Gasteiger partial charge on any atom is -0.310 e. The smallest absolute Gasteiger partial charge is 0.0476 e. The molecule has 1 nitrogen and oxygen atoms in total. The van der Waals surface area contributed by atoms with Gasteiger partial charge in [0.1, 0.15) is 0 Å². The summed E-state index contributed by atoms with van der Waals surface area (Å²) in [6.07, 6.45) is 0. The average molecular weight is 534 g/mol. The van der Waals surface area contributed by atoms with Crippen molar-refractivity contribution in [2.45, 2.75) is 0 Å². The Kier molecular flexibility index (Phi) is 5.25. The zero-order valence-electron chi connectivity index (χ0n) is 21.0. The van der Waals surface area contributed by atoms with Crippen molar-refractivity contribution < 1.29 is 0 Å². The SMILES string of the molecule is c1ccc(N(c2ccccc2)c2ccc3c(c2)sc2cc(-c4ccc5sc6ccccc6c5c4)ccc23)cc1. The maximum absolute atomic E-state index is 2.36. The first kappa shape index (κ1) is 22.5. The van der Waals surface area contributed by atoms with E-state index in [2.05, 4.69) is 144 Å². The van der Waals surface area contributed by atoms with Gasteiger partial charge in [0.05, 0.1) is 0 Å². The largest absolute Gasteiger partial charge is 0.310 e. The number of para-hydroxylation sites is 2. The number of nitrogens with zero attached hydrogens (tertiary/aromatic N) is 1. The first-order valence-corrected chi connectivity index (χ1v) is 14.7. The lowest BCUT2D eigenvalue weighted by Crippen LogP contribution is -2.09. The zero-order valence-corrected chi connectivity index (χ0v) is 22.7. The topological polar surface area (TPSA) is 3.24 Å². The fourth-order valence-corrected chi connectivity index (χ4v) is 7.86. The number of hydrogen-bond acceptors (Lipinski definition) is 3. The third-order valence-electron chi connectivity index (χ3n) is 7.45. The molecule has 0 bridgehead atoms. The second-order valence-electron chi connectivity index (χ2n) is 9.81. The Balaban J connectivity index is 1.24. The Morgan fingerprint density at radius 1 is 0.333 bits per heavy atom. The van der Waals surface area contributed by atoms with Gasteiger partial charge in [0, 0.05) is 57.4 Å². The van der Waals surface area contributed by atoms with Crippen molar-refractivity contribution in [1.82, 2.24) is 0 Å². The van der Waals surface area contributed by atoms with E-state index in [-0.39, 0.29) is 0 Å². The third-order valence-corrected chi connectivity index (χ3v) is 9.72. The van der Waals surface area contributed by atoms with Crippen LogP contribution in [0.4, 0.5) is 17.1 Å². The molecular weight excluding hydrogens is 511 g/mol. The Morgan fingerprint density at radius 2 is 0.872 bits per heavy atom. The third kappa shape index (κ3) is 3.82. The van der Waals surface area contributed by atoms with Gasteiger partial charge in [-0.1, -0.05) is 78.9 Å². The van der Waals surface area contributed by atoms with Gasteiger partial charge in [-0.05, 0) is 71.8 Å². The summed E-state index contributed by atoms with van der Waals surface area (Å²) in [5.74, 6) is 0. The first-order chi connectivity index (χ1) is 19.3. The van der Waals surface area contributed by atoms with Crippen LogP contribution in [-0.4, -0.2) is 0 Å². The molecule has 0 aliphatic heterocycles. The zero-order chi connectivity index (χ0) is 25.8. The molecule has 0 aliphatic carbocycles. The van der Waals surface area contributed by atoms with Gasteiger partial charge in [0.25, 0.3) is 0 Å². The maximum Gasteiger partial charge on any atom is 0.0476 e. The summed E-state index contributed by atoms with van der Waals surface area (Å²) in [6, 6.07) is 50.6. The molecule has 0 saturated carbocycles. The van der Waals surface area contributed by atoms with E-state index >= 15 is 0 Å². The highest BCUT2D eigenvalue weighted by Crippen LogP contribution is 2.42. The summed E-state index contributed by atoms with van der Waals surface area (Å²) in [7, 11) is 0. The number of thiophene rings is 2. The summed E-state index contributed by atoms with van der Waals surface area (Å²) in [6.45, 7) is 0. The Morgan fingerprint density at radius 3 is 1.64 bits per heavy atom. The normalized spacial score (nSPS) is 11.6. The number of benzene rings is 6. The minimum absolute atomic E-state index is 1.16. The monoisotopic (exact) mass is 533 g/mol. The van der Waals surface area contributed by atoms with Crippen LogP contribution in [0.25, 0.3) is 51.5 Å². The summed E-state index contributed by atoms with van der Waals surface area (Å²) < 4.78 is 5.31. The molecule has 8 aromatic rings. The van der Waals surface area contributed by atoms with Gasteiger partial charge >= 0.3 is 0 Å². The van der Waals surface area contributed by atoms with E-state index in [1.165, 1.54) is 57.2 Å². The molecule has 0 spiro atoms. The molecule has 0 atom stereocenters. The molecule has 8 rings (SSSR count). The van der Waals surface area contributed by atoms with Crippen molar-refractivity contribution in [3.8, 4) is 11.1 Å². The van der Waals surface area contributed by atoms with Crippen molar-refractivity contribution in [1.29, 1.82) is 0 Å². The van der Waals surface area contributed by atoms with Gasteiger partial charge in [-0.15, -0.1) is 22.7 Å². The highest BCUT2D eigenvalue weighted by atomic mass is 32.1. The van der Waals surface area contributed by atoms with Crippen molar-refractivity contribution in [2.24, 2.45) is 0 Å². The Labute approximate surface area is 234 Å². The lowest BCUT2D eigenvalue weighted by Gasteiger charge is -2.25. The quantitative estimate of drug-likeness (QED) is 0.217. The number of fused-ring (bicyclic) bond motifs is 6. The van der Waals surface area contributed by atoms with Crippen LogP contribution in [0.3, 0.4) is 0 Å². The van der Waals surface area contributed by atoms with E-state index < -0.39 is 0 Å². The van der Waals surface area contributed by atoms with Crippen molar-refractivity contribution >= 4 is 80.1 Å². The number of anilines is 3. The van der Waals surface area contributed by atoms with Crippen LogP contribution in [-0.2, 0) is 0 Å². The van der Waals surface area contributed by atoms with Gasteiger partial charge in [-0.3, -0.25) is 0 Å². The first-order valence-electron chi connectivity index (χ1n) is 13.1. The van der Waals surface area contributed by atoms with Gasteiger partial charge < -0.3 is 4.90 Å². The Hall–Kier alpha value is -4.44. The fourth-order valence-electron chi connectivity index (χ4n) is 5.59. The van der Waals surface area contributed by atoms with Gasteiger partial charge in [-0.25, -0.2) is 0 Å². The second kappa shape index (κ2) is 9.09. The number of rotatable bonds is 4. The lowest BCUT2D eigenvalue weighted by molar-refractivity contribution is 1.29. The van der Waals surface area contributed by atoms with Gasteiger partial charge in [0.2, 0.25) is 0 Å². The van der Waals surface area contributed by atoms with Crippen LogP contribution in [0.15, 0.2) is 140 Å². The van der Waals surface area contributed by atoms with Gasteiger partial charge in [0.15, 0.2) is 0 Å². The molecule has 2 heterocycles. The van der Waals surface area contributed by atoms with Crippen molar-refractivity contribution in [3.05, 3.63) is 140 Å². The molecule has 2 aromatic heterocycles. The molecule has 0 unspecified atom stereocenters. The molecule has 184 valence electrons. The highest BCUT2D eigenvalue weighted by molar-refractivity contribution is 7.26. The standard InChI is InChI=1S/C36H23NS2/c1-3-9-26(10-4-1)37(27-11-5-2-6-12-27)28-17-19-31-30-18-15-25(22-35(30)39-36(31)23-28)24-16-20-34-32(21-24)29-13-7-8-14-33(29)38-34/h1-23H. The molecule has 39 heavy (non-hydrogen) atoms. The lowest BCUT2D eigenvalue weighted by atomic mass is 10.0. The summed E-state index contributed by atoms with van der Waals surface area (Å²) in [4.78, 5) is 2.33. The minimum atomic E-state index is 1.16. The molecule has 0 radical (unpaired) electrons. The van der Waals surface area contributed by atoms with Crippen LogP contribution < -0.4 is 4.90 Å². The summed E-state index contributed by atoms with van der Waals surface area (Å²) >= 11 is 3.75. The molecule has 3 heteroatoms. The predicted octanol–water partition coefficient (Wildman–Crippen LogP) is 11.6. The van der Waals surface area contributed by atoms with Crippen LogP contribution in [0, 0.1) is 0 Å². The van der Waals surface area contributed by atoms with E-state index in [0.29, 0.717) is 0 Å². The highest BCUT2D eigenvalue weighted by Gasteiger charge is 2.15. The molecule has 0 N–H and O–H groups in total. The Bertz CT molecular complexity index is 2080. The van der Waals surface area contributed by atoms with E-state index in [9.17, 15) is 0 Å². The molecule has 6 aromatic carbocycles. The molecule has 0 amide bonds. The maximum atomic E-state index is 2.36. The van der Waals surface area contributed by atoms with E-state index in [1.807, 2.05) is 22.7 Å². The van der Waals surface area contributed by atoms with Crippen molar-refractivity contribution in [3.63, 3.8) is 0 Å².